The molecule has 5 rings (SSSR count). The summed E-state index contributed by atoms with van der Waals surface area (Å²) in [5.74, 6) is 0.692. The number of carbonyl (C=O) groups is 1. The molecule has 4 aromatic heterocycles. The van der Waals surface area contributed by atoms with E-state index in [1.54, 1.807) is 42.5 Å². The number of ether oxygens (including phenoxy) is 2. The number of methoxy groups -OCH3 is 1. The minimum atomic E-state index is -1.80. The molecular weight excluding hydrogens is 592 g/mol. The summed E-state index contributed by atoms with van der Waals surface area (Å²) >= 11 is 6.31. The number of carbonyl (C=O) groups excluding carboxylic acids is 1. The molecule has 4 heterocycles. The van der Waals surface area contributed by atoms with Crippen LogP contribution in [0.3, 0.4) is 0 Å². The minimum Gasteiger partial charge on any atom is -0.467 e. The van der Waals surface area contributed by atoms with E-state index in [-0.39, 0.29) is 23.7 Å². The molecule has 16 heteroatoms. The zero-order valence-electron chi connectivity index (χ0n) is 23.8. The zero-order chi connectivity index (χ0) is 31.2. The first kappa shape index (κ1) is 30.5. The van der Waals surface area contributed by atoms with Gasteiger partial charge < -0.3 is 25.0 Å². The predicted octanol–water partition coefficient (Wildman–Crippen LogP) is 2.94. The number of nitrogens with zero attached hydrogens (tertiary/aromatic N) is 9. The van der Waals surface area contributed by atoms with Gasteiger partial charge in [-0.25, -0.2) is 29.7 Å². The van der Waals surface area contributed by atoms with Crippen LogP contribution in [-0.2, 0) is 11.8 Å². The quantitative estimate of drug-likeness (QED) is 0.231. The van der Waals surface area contributed by atoms with Crippen molar-refractivity contribution in [1.29, 1.82) is 5.26 Å². The van der Waals surface area contributed by atoms with E-state index in [1.165, 1.54) is 24.4 Å². The average molecular weight is 621 g/mol. The lowest BCUT2D eigenvalue weighted by Crippen LogP contribution is -2.45. The molecule has 3 N–H and O–H groups in total. The van der Waals surface area contributed by atoms with Crippen molar-refractivity contribution in [3.8, 4) is 34.6 Å². The summed E-state index contributed by atoms with van der Waals surface area (Å²) in [4.78, 5) is 36.2. The molecule has 0 bridgehead atoms. The third-order valence-electron chi connectivity index (χ3n) is 7.11. The topological polar surface area (TPSA) is 197 Å². The molecule has 0 aliphatic heterocycles. The maximum absolute atomic E-state index is 13.1. The molecular formula is C28H29ClN10O5. The number of aromatic nitrogens is 7. The highest BCUT2D eigenvalue weighted by Gasteiger charge is 2.32. The number of aryl methyl sites for hydroxylation is 1. The van der Waals surface area contributed by atoms with Gasteiger partial charge in [-0.15, -0.1) is 0 Å². The fourth-order valence-electron chi connectivity index (χ4n) is 4.97. The molecule has 1 fully saturated rings. The number of nitrogens with one attached hydrogen (secondary N) is 1. The lowest BCUT2D eigenvalue weighted by Gasteiger charge is -2.36. The average Bonchev–Trinajstić information content (AvgIpc) is 3.38. The number of aliphatic hydroxyl groups is 2. The van der Waals surface area contributed by atoms with Crippen LogP contribution in [0.25, 0.3) is 22.5 Å². The third kappa shape index (κ3) is 6.83. The summed E-state index contributed by atoms with van der Waals surface area (Å²) in [7, 11) is 3.20. The van der Waals surface area contributed by atoms with Gasteiger partial charge in [0.15, 0.2) is 6.29 Å². The maximum atomic E-state index is 13.1. The summed E-state index contributed by atoms with van der Waals surface area (Å²) in [6, 6.07) is 5.53. The summed E-state index contributed by atoms with van der Waals surface area (Å²) in [5.41, 5.74) is 2.60. The molecule has 15 nitrogen and oxygen atoms in total. The van der Waals surface area contributed by atoms with Crippen molar-refractivity contribution in [3.63, 3.8) is 0 Å². The number of halogens is 1. The Morgan fingerprint density at radius 3 is 2.43 bits per heavy atom. The Morgan fingerprint density at radius 2 is 1.84 bits per heavy atom. The highest BCUT2D eigenvalue weighted by atomic mass is 35.5. The molecule has 44 heavy (non-hydrogen) atoms. The van der Waals surface area contributed by atoms with Crippen LogP contribution in [0.1, 0.15) is 31.2 Å². The van der Waals surface area contributed by atoms with Crippen LogP contribution >= 0.6 is 11.6 Å². The molecule has 1 aliphatic carbocycles. The van der Waals surface area contributed by atoms with Gasteiger partial charge in [0.05, 0.1) is 30.1 Å². The normalized spacial score (nSPS) is 16.3. The van der Waals surface area contributed by atoms with Gasteiger partial charge >= 0.3 is 12.1 Å². The molecule has 0 radical (unpaired) electrons. The Labute approximate surface area is 257 Å². The maximum Gasteiger partial charge on any atom is 0.415 e. The molecule has 0 atom stereocenters. The SMILES string of the molecule is COc1ncc(-c2ccc(N(C(=O)OCC(O)O)C3CCC(Nc4ncc(C#N)c(-c5c(Cl)cnn5C)n4)CC3)nc2)cn1. The van der Waals surface area contributed by atoms with Gasteiger partial charge in [0.25, 0.3) is 0 Å². The van der Waals surface area contributed by atoms with Crippen molar-refractivity contribution in [1.82, 2.24) is 34.7 Å². The Kier molecular flexibility index (Phi) is 9.44. The second kappa shape index (κ2) is 13.6. The minimum absolute atomic E-state index is 0.0170. The lowest BCUT2D eigenvalue weighted by atomic mass is 9.90. The van der Waals surface area contributed by atoms with E-state index >= 15 is 0 Å². The van der Waals surface area contributed by atoms with Gasteiger partial charge in [-0.05, 0) is 37.8 Å². The molecule has 0 saturated heterocycles. The number of anilines is 2. The lowest BCUT2D eigenvalue weighted by molar-refractivity contribution is -0.0770. The number of rotatable bonds is 9. The summed E-state index contributed by atoms with van der Waals surface area (Å²) in [6.45, 7) is -0.577. The van der Waals surface area contributed by atoms with Crippen LogP contribution in [0.15, 0.2) is 43.1 Å². The second-order valence-corrected chi connectivity index (χ2v) is 10.4. The Bertz CT molecular complexity index is 1610. The molecule has 1 aliphatic rings. The van der Waals surface area contributed by atoms with E-state index in [2.05, 4.69) is 41.4 Å². The fourth-order valence-corrected chi connectivity index (χ4v) is 5.22. The third-order valence-corrected chi connectivity index (χ3v) is 7.39. The Balaban J connectivity index is 1.30. The summed E-state index contributed by atoms with van der Waals surface area (Å²) in [5, 5.41) is 35.9. The van der Waals surface area contributed by atoms with Crippen LogP contribution in [0, 0.1) is 11.3 Å². The molecule has 0 spiro atoms. The second-order valence-electron chi connectivity index (χ2n) is 9.97. The van der Waals surface area contributed by atoms with Gasteiger partial charge in [-0.3, -0.25) is 9.58 Å². The first-order chi connectivity index (χ1) is 21.3. The van der Waals surface area contributed by atoms with Crippen LogP contribution in [-0.4, -0.2) is 83.1 Å². The summed E-state index contributed by atoms with van der Waals surface area (Å²) in [6.07, 6.45) is 7.69. The number of hydrogen-bond acceptors (Lipinski definition) is 13. The van der Waals surface area contributed by atoms with E-state index in [0.29, 0.717) is 59.4 Å². The van der Waals surface area contributed by atoms with Gasteiger partial charge in [-0.1, -0.05) is 11.6 Å². The van der Waals surface area contributed by atoms with Gasteiger partial charge in [-0.2, -0.15) is 10.4 Å². The number of aliphatic hydroxyl groups excluding tert-OH is 1. The molecule has 1 saturated carbocycles. The zero-order valence-corrected chi connectivity index (χ0v) is 24.6. The van der Waals surface area contributed by atoms with Crippen molar-refractivity contribution >= 4 is 29.5 Å². The van der Waals surface area contributed by atoms with E-state index < -0.39 is 19.0 Å². The largest absolute Gasteiger partial charge is 0.467 e. The molecule has 1 amide bonds. The van der Waals surface area contributed by atoms with Crippen molar-refractivity contribution in [2.45, 2.75) is 44.1 Å². The van der Waals surface area contributed by atoms with Gasteiger partial charge in [0.2, 0.25) is 5.95 Å². The Hall–Kier alpha value is -4.91. The van der Waals surface area contributed by atoms with E-state index in [1.807, 2.05) is 0 Å². The van der Waals surface area contributed by atoms with E-state index in [0.717, 1.165) is 5.56 Å². The number of hydrogen-bond donors (Lipinski definition) is 3. The number of pyridine rings is 1. The summed E-state index contributed by atoms with van der Waals surface area (Å²) < 4.78 is 11.7. The van der Waals surface area contributed by atoms with E-state index in [4.69, 9.17) is 21.1 Å². The number of nitriles is 1. The van der Waals surface area contributed by atoms with Crippen LogP contribution in [0.5, 0.6) is 6.01 Å². The first-order valence-corrected chi connectivity index (χ1v) is 14.0. The van der Waals surface area contributed by atoms with Crippen LogP contribution < -0.4 is 15.0 Å². The van der Waals surface area contributed by atoms with Crippen molar-refractivity contribution < 1.29 is 24.5 Å². The van der Waals surface area contributed by atoms with Crippen LogP contribution in [0.4, 0.5) is 16.6 Å². The fraction of sp³-hybridized carbons (Fsp3) is 0.357. The van der Waals surface area contributed by atoms with Gasteiger partial charge in [0, 0.05) is 48.8 Å². The number of amides is 1. The van der Waals surface area contributed by atoms with E-state index in [9.17, 15) is 20.3 Å². The van der Waals surface area contributed by atoms with Crippen molar-refractivity contribution in [2.24, 2.45) is 7.05 Å². The van der Waals surface area contributed by atoms with Crippen molar-refractivity contribution in [3.05, 3.63) is 53.7 Å². The smallest absolute Gasteiger partial charge is 0.415 e. The predicted molar refractivity (Wildman–Crippen MR) is 157 cm³/mol. The van der Waals surface area contributed by atoms with Crippen LogP contribution in [0.2, 0.25) is 5.02 Å². The molecule has 228 valence electrons. The molecule has 4 aromatic rings. The monoisotopic (exact) mass is 620 g/mol. The molecule has 0 unspecified atom stereocenters. The molecule has 0 aromatic carbocycles. The van der Waals surface area contributed by atoms with Crippen molar-refractivity contribution in [2.75, 3.05) is 23.9 Å². The first-order valence-electron chi connectivity index (χ1n) is 13.6. The standard InChI is InChI=1S/C28H29ClN10O5/c1-38-25(21(29)14-35-38)24-17(9-30)11-32-26(37-24)36-19-4-6-20(7-5-19)39(28(42)44-15-23(40)41)22-8-3-16(10-31-22)18-12-33-27(43-2)34-13-18/h3,8,10-14,19-20,23,40-41H,4-7,15H2,1-2H3,(H,32,36,37). The highest BCUT2D eigenvalue weighted by Crippen LogP contribution is 2.32. The van der Waals surface area contributed by atoms with Gasteiger partial charge in [0.1, 0.15) is 29.9 Å². The highest BCUT2D eigenvalue weighted by molar-refractivity contribution is 6.33. The Morgan fingerprint density at radius 1 is 1.11 bits per heavy atom.